The molecule has 0 spiro atoms. The summed E-state index contributed by atoms with van der Waals surface area (Å²) in [6, 6.07) is 4.12. The van der Waals surface area contributed by atoms with E-state index in [-0.39, 0.29) is 34.1 Å². The van der Waals surface area contributed by atoms with E-state index in [9.17, 15) is 12.8 Å². The Hall–Kier alpha value is -1.88. The largest absolute Gasteiger partial charge is 0.381 e. The molecule has 0 saturated heterocycles. The zero-order valence-corrected chi connectivity index (χ0v) is 16.7. The van der Waals surface area contributed by atoms with Gasteiger partial charge >= 0.3 is 0 Å². The Bertz CT molecular complexity index is 998. The molecule has 0 radical (unpaired) electrons. The molecule has 1 aliphatic heterocycles. The molecule has 28 heavy (non-hydrogen) atoms. The number of nitrogens with zero attached hydrogens (tertiary/aromatic N) is 2. The van der Waals surface area contributed by atoms with Gasteiger partial charge in [0.1, 0.15) is 16.6 Å². The molecule has 4 rings (SSSR count). The molecule has 1 N–H and O–H groups in total. The summed E-state index contributed by atoms with van der Waals surface area (Å²) >= 11 is 1.06. The predicted octanol–water partition coefficient (Wildman–Crippen LogP) is 2.95. The van der Waals surface area contributed by atoms with E-state index < -0.39 is 16.7 Å². The summed E-state index contributed by atoms with van der Waals surface area (Å²) in [6.45, 7) is -0.759. The highest BCUT2D eigenvalue weighted by molar-refractivity contribution is 7.91. The van der Waals surface area contributed by atoms with Crippen LogP contribution in [0.3, 0.4) is 0 Å². The average molecular weight is 426 g/mol. The van der Waals surface area contributed by atoms with Crippen molar-refractivity contribution in [1.29, 1.82) is 0 Å². The maximum atomic E-state index is 13.0. The number of hydrogen-bond donors (Lipinski definition) is 1. The van der Waals surface area contributed by atoms with Crippen molar-refractivity contribution in [1.82, 2.24) is 9.88 Å². The van der Waals surface area contributed by atoms with Crippen molar-refractivity contribution in [3.8, 4) is 10.6 Å². The molecule has 4 unspecified atom stereocenters. The lowest BCUT2D eigenvalue weighted by Crippen LogP contribution is -2.51. The zero-order valence-electron chi connectivity index (χ0n) is 15.1. The molecule has 0 bridgehead atoms. The second kappa shape index (κ2) is 7.86. The summed E-state index contributed by atoms with van der Waals surface area (Å²) in [4.78, 5) is 5.09. The Morgan fingerprint density at radius 1 is 1.39 bits per heavy atom. The fraction of sp³-hybridized carbons (Fsp3) is 0.444. The topological polar surface area (TPSA) is 93.8 Å². The number of dihydropyridines is 1. The van der Waals surface area contributed by atoms with Gasteiger partial charge in [-0.15, -0.1) is 11.3 Å². The van der Waals surface area contributed by atoms with Crippen molar-refractivity contribution in [3.63, 3.8) is 0 Å². The van der Waals surface area contributed by atoms with Gasteiger partial charge in [0.2, 0.25) is 10.0 Å². The van der Waals surface area contributed by atoms with E-state index in [1.165, 1.54) is 12.1 Å². The number of rotatable bonds is 6. The van der Waals surface area contributed by atoms with Crippen molar-refractivity contribution in [2.45, 2.75) is 41.9 Å². The fourth-order valence-corrected chi connectivity index (χ4v) is 6.21. The number of alkyl halides is 1. The van der Waals surface area contributed by atoms with Gasteiger partial charge in [0.15, 0.2) is 5.76 Å². The van der Waals surface area contributed by atoms with Gasteiger partial charge in [-0.05, 0) is 31.1 Å². The van der Waals surface area contributed by atoms with Gasteiger partial charge in [-0.1, -0.05) is 11.2 Å². The first-order valence-electron chi connectivity index (χ1n) is 8.87. The van der Waals surface area contributed by atoms with Crippen LogP contribution < -0.4 is 4.72 Å². The Balaban J connectivity index is 1.55. The van der Waals surface area contributed by atoms with Crippen LogP contribution in [0.25, 0.3) is 10.6 Å². The van der Waals surface area contributed by atoms with Crippen LogP contribution in [-0.2, 0) is 21.4 Å². The molecule has 2 aromatic heterocycles. The molecule has 10 heteroatoms. The lowest BCUT2D eigenvalue weighted by molar-refractivity contribution is 0.0424. The van der Waals surface area contributed by atoms with Crippen LogP contribution >= 0.6 is 11.3 Å². The number of fused-ring (bicyclic) bond motifs is 1. The van der Waals surface area contributed by atoms with Crippen LogP contribution in [0.15, 0.2) is 44.1 Å². The average Bonchev–Trinajstić information content (AvgIpc) is 3.37. The smallest absolute Gasteiger partial charge is 0.250 e. The number of sulfonamides is 1. The molecule has 1 saturated carbocycles. The maximum absolute atomic E-state index is 13.0. The van der Waals surface area contributed by atoms with E-state index in [1.54, 1.807) is 19.4 Å². The molecule has 150 valence electrons. The van der Waals surface area contributed by atoms with Crippen LogP contribution in [0, 0.1) is 5.92 Å². The zero-order chi connectivity index (χ0) is 19.7. The molecule has 7 nitrogen and oxygen atoms in total. The van der Waals surface area contributed by atoms with Crippen LogP contribution in [0.4, 0.5) is 4.39 Å². The van der Waals surface area contributed by atoms with E-state index in [4.69, 9.17) is 9.26 Å². The first-order valence-corrected chi connectivity index (χ1v) is 11.2. The van der Waals surface area contributed by atoms with E-state index in [0.29, 0.717) is 17.0 Å². The third-order valence-electron chi connectivity index (χ3n) is 5.03. The highest BCUT2D eigenvalue weighted by atomic mass is 32.2. The summed E-state index contributed by atoms with van der Waals surface area (Å²) in [5.41, 5.74) is 0.415. The van der Waals surface area contributed by atoms with Gasteiger partial charge in [0.25, 0.3) is 0 Å². The van der Waals surface area contributed by atoms with E-state index in [1.807, 2.05) is 6.08 Å². The highest BCUT2D eigenvalue weighted by Gasteiger charge is 2.39. The van der Waals surface area contributed by atoms with Crippen molar-refractivity contribution >= 4 is 27.6 Å². The molecule has 0 amide bonds. The summed E-state index contributed by atoms with van der Waals surface area (Å²) in [6.07, 6.45) is 7.01. The number of ether oxygens (including phenoxy) is 1. The molecule has 4 atom stereocenters. The summed E-state index contributed by atoms with van der Waals surface area (Å²) < 4.78 is 51.9. The number of nitrogens with one attached hydrogen (secondary N) is 1. The van der Waals surface area contributed by atoms with E-state index >= 15 is 0 Å². The first-order chi connectivity index (χ1) is 13.5. The second-order valence-electron chi connectivity index (χ2n) is 6.83. The third kappa shape index (κ3) is 3.82. The SMILES string of the molecule is COC1CC2C=CC=NC2C(NS(=O)(=O)c2ccc(-c3cc(CF)on3)s2)C1. The van der Waals surface area contributed by atoms with E-state index in [2.05, 4.69) is 20.9 Å². The monoisotopic (exact) mass is 425 g/mol. The number of hydrogen-bond acceptors (Lipinski definition) is 7. The van der Waals surface area contributed by atoms with Crippen molar-refractivity contribution in [2.75, 3.05) is 7.11 Å². The van der Waals surface area contributed by atoms with Crippen LogP contribution in [0.1, 0.15) is 18.6 Å². The summed E-state index contributed by atoms with van der Waals surface area (Å²) in [7, 11) is -2.11. The van der Waals surface area contributed by atoms with Crippen molar-refractivity contribution in [3.05, 3.63) is 36.1 Å². The standard InChI is InChI=1S/C18H20FN3O4S2/c1-25-12-7-11-3-2-6-20-18(11)15(8-12)22-28(23,24)17-5-4-16(27-17)14-9-13(10-19)26-21-14/h2-6,9,11-12,15,18,22H,7-8,10H2,1H3. The lowest BCUT2D eigenvalue weighted by Gasteiger charge is -2.39. The quantitative estimate of drug-likeness (QED) is 0.768. The van der Waals surface area contributed by atoms with Gasteiger partial charge < -0.3 is 9.26 Å². The Kier molecular flexibility index (Phi) is 5.46. The number of allylic oxidation sites excluding steroid dienone is 1. The van der Waals surface area contributed by atoms with Crippen molar-refractivity contribution < 1.29 is 22.1 Å². The molecule has 1 aliphatic carbocycles. The Morgan fingerprint density at radius 2 is 2.25 bits per heavy atom. The number of thiophene rings is 1. The number of halogens is 1. The van der Waals surface area contributed by atoms with Crippen LogP contribution in [0.2, 0.25) is 0 Å². The maximum Gasteiger partial charge on any atom is 0.250 e. The molecule has 3 heterocycles. The Morgan fingerprint density at radius 3 is 3.00 bits per heavy atom. The van der Waals surface area contributed by atoms with E-state index in [0.717, 1.165) is 17.8 Å². The molecular formula is C18H20FN3O4S2. The van der Waals surface area contributed by atoms with Gasteiger partial charge in [0, 0.05) is 31.4 Å². The second-order valence-corrected chi connectivity index (χ2v) is 9.85. The minimum absolute atomic E-state index is 0.0277. The molecule has 2 aliphatic rings. The lowest BCUT2D eigenvalue weighted by atomic mass is 9.79. The molecule has 1 fully saturated rings. The Labute approximate surface area is 166 Å². The van der Waals surface area contributed by atoms with Gasteiger partial charge in [0.05, 0.1) is 17.0 Å². The molecule has 0 aromatic carbocycles. The summed E-state index contributed by atoms with van der Waals surface area (Å²) in [5, 5.41) is 3.78. The predicted molar refractivity (Wildman–Crippen MR) is 104 cm³/mol. The van der Waals surface area contributed by atoms with Crippen LogP contribution in [-0.4, -0.2) is 45.1 Å². The fourth-order valence-electron chi connectivity index (χ4n) is 3.67. The minimum Gasteiger partial charge on any atom is -0.381 e. The number of methoxy groups -OCH3 is 1. The normalized spacial score (nSPS) is 27.1. The summed E-state index contributed by atoms with van der Waals surface area (Å²) in [5.74, 6) is 0.248. The number of aliphatic imine (C=N–C) groups is 1. The number of aromatic nitrogens is 1. The van der Waals surface area contributed by atoms with Crippen LogP contribution in [0.5, 0.6) is 0 Å². The third-order valence-corrected chi connectivity index (χ3v) is 8.12. The van der Waals surface area contributed by atoms with Gasteiger partial charge in [-0.25, -0.2) is 17.5 Å². The van der Waals surface area contributed by atoms with Gasteiger partial charge in [-0.2, -0.15) is 0 Å². The molecular weight excluding hydrogens is 405 g/mol. The van der Waals surface area contributed by atoms with Gasteiger partial charge in [-0.3, -0.25) is 4.99 Å². The van der Waals surface area contributed by atoms with Crippen molar-refractivity contribution in [2.24, 2.45) is 10.9 Å². The first kappa shape index (κ1) is 19.4. The molecule has 2 aromatic rings. The minimum atomic E-state index is -3.75. The highest BCUT2D eigenvalue weighted by Crippen LogP contribution is 2.34.